The molecule has 6 nitrogen and oxygen atoms in total. The number of aliphatic hydroxyl groups is 1. The van der Waals surface area contributed by atoms with Crippen LogP contribution in [0.2, 0.25) is 0 Å². The Labute approximate surface area is 165 Å². The number of hydrogen-bond acceptors (Lipinski definition) is 4. The molecule has 1 N–H and O–H groups in total. The maximum Gasteiger partial charge on any atom is 0.241 e. The van der Waals surface area contributed by atoms with E-state index in [9.17, 15) is 9.90 Å². The molecule has 0 spiro atoms. The third-order valence-electron chi connectivity index (χ3n) is 6.88. The van der Waals surface area contributed by atoms with Crippen molar-refractivity contribution in [2.45, 2.75) is 56.2 Å². The van der Waals surface area contributed by atoms with Crippen LogP contribution in [-0.2, 0) is 23.9 Å². The van der Waals surface area contributed by atoms with Crippen molar-refractivity contribution >= 4 is 11.6 Å². The fourth-order valence-electron chi connectivity index (χ4n) is 5.61. The van der Waals surface area contributed by atoms with E-state index in [1.807, 2.05) is 28.8 Å². The van der Waals surface area contributed by atoms with Gasteiger partial charge in [-0.15, -0.1) is 0 Å². The van der Waals surface area contributed by atoms with Crippen LogP contribution in [-0.4, -0.2) is 50.6 Å². The van der Waals surface area contributed by atoms with Gasteiger partial charge in [-0.25, -0.2) is 4.98 Å². The molecule has 3 aliphatic rings. The van der Waals surface area contributed by atoms with Crippen LogP contribution < -0.4 is 4.90 Å². The Morgan fingerprint density at radius 2 is 2.00 bits per heavy atom. The van der Waals surface area contributed by atoms with Crippen molar-refractivity contribution in [3.05, 3.63) is 48.0 Å². The van der Waals surface area contributed by atoms with Crippen molar-refractivity contribution in [1.82, 2.24) is 14.5 Å². The second-order valence-corrected chi connectivity index (χ2v) is 8.64. The molecule has 2 saturated heterocycles. The first kappa shape index (κ1) is 17.9. The van der Waals surface area contributed by atoms with Crippen LogP contribution in [0, 0.1) is 0 Å². The molecule has 2 bridgehead atoms. The minimum absolute atomic E-state index is 0.187. The van der Waals surface area contributed by atoms with Gasteiger partial charge in [-0.2, -0.15) is 0 Å². The summed E-state index contributed by atoms with van der Waals surface area (Å²) in [5, 5.41) is 11.3. The van der Waals surface area contributed by atoms with E-state index in [2.05, 4.69) is 28.1 Å². The van der Waals surface area contributed by atoms with Gasteiger partial charge in [0.25, 0.3) is 0 Å². The average Bonchev–Trinajstić information content (AvgIpc) is 3.23. The molecule has 5 rings (SSSR count). The molecule has 28 heavy (non-hydrogen) atoms. The number of fused-ring (bicyclic) bond motifs is 3. The van der Waals surface area contributed by atoms with Crippen molar-refractivity contribution in [3.63, 3.8) is 0 Å². The zero-order valence-corrected chi connectivity index (χ0v) is 16.4. The summed E-state index contributed by atoms with van der Waals surface area (Å²) in [6.07, 6.45) is 9.09. The van der Waals surface area contributed by atoms with Crippen LogP contribution in [0.1, 0.15) is 43.5 Å². The molecule has 1 aromatic heterocycles. The number of aromatic nitrogens is 2. The number of nitrogens with zero attached hydrogens (tertiary/aromatic N) is 4. The van der Waals surface area contributed by atoms with E-state index >= 15 is 0 Å². The first-order valence-corrected chi connectivity index (χ1v) is 10.4. The van der Waals surface area contributed by atoms with E-state index < -0.39 is 5.60 Å². The van der Waals surface area contributed by atoms with Crippen molar-refractivity contribution in [1.29, 1.82) is 0 Å². The maximum atomic E-state index is 13.2. The molecule has 2 atom stereocenters. The summed E-state index contributed by atoms with van der Waals surface area (Å²) in [5.74, 6) is 0.937. The molecule has 0 aliphatic carbocycles. The molecule has 6 heteroatoms. The molecule has 2 aromatic rings. The number of aryl methyl sites for hydroxylation is 2. The Morgan fingerprint density at radius 1 is 1.25 bits per heavy atom. The summed E-state index contributed by atoms with van der Waals surface area (Å²) in [4.78, 5) is 21.9. The Hall–Kier alpha value is -2.18. The van der Waals surface area contributed by atoms with E-state index in [-0.39, 0.29) is 18.0 Å². The molecule has 1 aromatic carbocycles. The van der Waals surface area contributed by atoms with E-state index in [1.54, 1.807) is 6.20 Å². The molecule has 2 fully saturated rings. The van der Waals surface area contributed by atoms with Crippen LogP contribution in [0.15, 0.2) is 36.7 Å². The summed E-state index contributed by atoms with van der Waals surface area (Å²) in [6, 6.07) is 8.75. The summed E-state index contributed by atoms with van der Waals surface area (Å²) in [6.45, 7) is 1.25. The quantitative estimate of drug-likeness (QED) is 0.887. The molecule has 3 aliphatic heterocycles. The highest BCUT2D eigenvalue weighted by Crippen LogP contribution is 2.45. The smallest absolute Gasteiger partial charge is 0.241 e. The lowest BCUT2D eigenvalue weighted by molar-refractivity contribution is -0.123. The Morgan fingerprint density at radius 3 is 2.71 bits per heavy atom. The van der Waals surface area contributed by atoms with Crippen molar-refractivity contribution in [3.8, 4) is 0 Å². The summed E-state index contributed by atoms with van der Waals surface area (Å²) >= 11 is 0. The summed E-state index contributed by atoms with van der Waals surface area (Å²) in [7, 11) is 1.94. The van der Waals surface area contributed by atoms with Gasteiger partial charge in [0.1, 0.15) is 11.4 Å². The summed E-state index contributed by atoms with van der Waals surface area (Å²) < 4.78 is 1.92. The number of benzene rings is 1. The number of anilines is 1. The molecule has 4 heterocycles. The Bertz CT molecular complexity index is 878. The first-order chi connectivity index (χ1) is 13.5. The monoisotopic (exact) mass is 380 g/mol. The minimum atomic E-state index is -0.888. The lowest BCUT2D eigenvalue weighted by Crippen LogP contribution is -2.54. The van der Waals surface area contributed by atoms with Crippen molar-refractivity contribution in [2.75, 3.05) is 18.0 Å². The third-order valence-corrected chi connectivity index (χ3v) is 6.88. The van der Waals surface area contributed by atoms with Crippen molar-refractivity contribution in [2.24, 2.45) is 7.05 Å². The van der Waals surface area contributed by atoms with Gasteiger partial charge in [-0.3, -0.25) is 9.69 Å². The summed E-state index contributed by atoms with van der Waals surface area (Å²) in [5.41, 5.74) is 1.46. The van der Waals surface area contributed by atoms with Gasteiger partial charge in [-0.1, -0.05) is 18.2 Å². The van der Waals surface area contributed by atoms with Crippen LogP contribution in [0.25, 0.3) is 0 Å². The van der Waals surface area contributed by atoms with Gasteiger partial charge in [0.2, 0.25) is 5.91 Å². The molecule has 0 radical (unpaired) electrons. The Balaban J connectivity index is 1.33. The van der Waals surface area contributed by atoms with Gasteiger partial charge >= 0.3 is 0 Å². The SMILES string of the molecule is Cn1ccnc1C1(O)C[C@@H]2CC[C@@H](C1)N2CC(=O)N1CCCc2ccccc21. The first-order valence-electron chi connectivity index (χ1n) is 10.4. The van der Waals surface area contributed by atoms with Gasteiger partial charge in [0.15, 0.2) is 0 Å². The zero-order chi connectivity index (χ0) is 19.3. The number of imidazole rings is 1. The molecule has 0 unspecified atom stereocenters. The molecular formula is C22H28N4O2. The highest BCUT2D eigenvalue weighted by atomic mass is 16.3. The predicted octanol–water partition coefficient (Wildman–Crippen LogP) is 2.21. The number of carbonyl (C=O) groups excluding carboxylic acids is 1. The van der Waals surface area contributed by atoms with Gasteiger partial charge < -0.3 is 14.6 Å². The second-order valence-electron chi connectivity index (χ2n) is 8.64. The standard InChI is InChI=1S/C22H28N4O2/c1-24-12-10-23-21(24)22(28)13-17-8-9-18(14-22)26(17)15-20(27)25-11-4-6-16-5-2-3-7-19(16)25/h2-3,5,7,10,12,17-18,28H,4,6,8-9,11,13-15H2,1H3/t17-,18-/m0/s1. The zero-order valence-electron chi connectivity index (χ0n) is 16.4. The highest BCUT2D eigenvalue weighted by molar-refractivity contribution is 5.96. The molecule has 1 amide bonds. The minimum Gasteiger partial charge on any atom is -0.382 e. The average molecular weight is 380 g/mol. The van der Waals surface area contributed by atoms with Gasteiger partial charge in [-0.05, 0) is 50.2 Å². The highest BCUT2D eigenvalue weighted by Gasteiger charge is 2.50. The second kappa shape index (κ2) is 6.71. The van der Waals surface area contributed by atoms with E-state index in [0.29, 0.717) is 19.4 Å². The number of amides is 1. The Kier molecular flexibility index (Phi) is 4.29. The lowest BCUT2D eigenvalue weighted by Gasteiger charge is -2.43. The predicted molar refractivity (Wildman–Crippen MR) is 107 cm³/mol. The molecular weight excluding hydrogens is 352 g/mol. The van der Waals surface area contributed by atoms with Gasteiger partial charge in [0.05, 0.1) is 6.54 Å². The van der Waals surface area contributed by atoms with E-state index in [1.165, 1.54) is 5.56 Å². The number of hydrogen-bond donors (Lipinski definition) is 1. The van der Waals surface area contributed by atoms with E-state index in [4.69, 9.17) is 0 Å². The van der Waals surface area contributed by atoms with Gasteiger partial charge in [0, 0.05) is 43.8 Å². The van der Waals surface area contributed by atoms with Crippen LogP contribution in [0.5, 0.6) is 0 Å². The van der Waals surface area contributed by atoms with Crippen LogP contribution >= 0.6 is 0 Å². The van der Waals surface area contributed by atoms with Crippen LogP contribution in [0.3, 0.4) is 0 Å². The lowest BCUT2D eigenvalue weighted by atomic mass is 9.85. The molecule has 148 valence electrons. The molecule has 0 saturated carbocycles. The fourth-order valence-corrected chi connectivity index (χ4v) is 5.61. The topological polar surface area (TPSA) is 61.6 Å². The normalized spacial score (nSPS) is 29.7. The van der Waals surface area contributed by atoms with Crippen molar-refractivity contribution < 1.29 is 9.90 Å². The number of carbonyl (C=O) groups is 1. The number of para-hydroxylation sites is 1. The third kappa shape index (κ3) is 2.86. The largest absolute Gasteiger partial charge is 0.382 e. The number of piperidine rings is 1. The van der Waals surface area contributed by atoms with Crippen LogP contribution in [0.4, 0.5) is 5.69 Å². The maximum absolute atomic E-state index is 13.2. The number of rotatable bonds is 3. The fraction of sp³-hybridized carbons (Fsp3) is 0.545. The van der Waals surface area contributed by atoms with E-state index in [0.717, 1.165) is 43.7 Å².